The van der Waals surface area contributed by atoms with Crippen LogP contribution in [0.25, 0.3) is 0 Å². The van der Waals surface area contributed by atoms with Gasteiger partial charge in [0.05, 0.1) is 6.61 Å². The van der Waals surface area contributed by atoms with Gasteiger partial charge in [-0.1, -0.05) is 84.0 Å². The predicted octanol–water partition coefficient (Wildman–Crippen LogP) is 2.92. The largest absolute Gasteiger partial charge is 0.550 e. The topological polar surface area (TPSA) is 101 Å². The van der Waals surface area contributed by atoms with Gasteiger partial charge in [-0.05, 0) is 13.3 Å². The van der Waals surface area contributed by atoms with Crippen LogP contribution in [0.5, 0.6) is 0 Å². The number of amides is 1. The zero-order valence-corrected chi connectivity index (χ0v) is 18.4. The van der Waals surface area contributed by atoms with E-state index in [-0.39, 0.29) is 12.5 Å². The summed E-state index contributed by atoms with van der Waals surface area (Å²) < 4.78 is 0. The van der Waals surface area contributed by atoms with E-state index in [1.165, 1.54) is 77.0 Å². The summed E-state index contributed by atoms with van der Waals surface area (Å²) in [5.41, 5.74) is 0. The minimum absolute atomic E-state index is 0.146. The maximum absolute atomic E-state index is 11.6. The van der Waals surface area contributed by atoms with Gasteiger partial charge in [-0.3, -0.25) is 4.79 Å². The van der Waals surface area contributed by atoms with Crippen molar-refractivity contribution in [2.24, 2.45) is 0 Å². The lowest BCUT2D eigenvalue weighted by molar-refractivity contribution is -0.302. The van der Waals surface area contributed by atoms with Gasteiger partial charge < -0.3 is 25.6 Å². The first-order chi connectivity index (χ1) is 13.5. The Morgan fingerprint density at radius 3 is 1.61 bits per heavy atom. The Bertz CT molecular complexity index is 334. The molecular formula is C22H45N2O4-. The quantitative estimate of drug-likeness (QED) is 0.289. The van der Waals surface area contributed by atoms with E-state index in [9.17, 15) is 4.79 Å². The van der Waals surface area contributed by atoms with E-state index in [0.29, 0.717) is 19.5 Å². The monoisotopic (exact) mass is 401 g/mol. The van der Waals surface area contributed by atoms with Crippen molar-refractivity contribution in [3.63, 3.8) is 0 Å². The fraction of sp³-hybridized carbons (Fsp3) is 0.909. The number of hydrogen-bond donors (Lipinski definition) is 3. The number of nitrogens with one attached hydrogen (secondary N) is 2. The molecule has 0 fully saturated rings. The van der Waals surface area contributed by atoms with Crippen LogP contribution in [0.1, 0.15) is 104 Å². The average molecular weight is 402 g/mol. The molecule has 0 heterocycles. The number of rotatable bonds is 19. The molecule has 0 radical (unpaired) electrons. The zero-order valence-electron chi connectivity index (χ0n) is 18.4. The number of aliphatic carboxylic acids is 1. The third-order valence-electron chi connectivity index (χ3n) is 4.42. The minimum Gasteiger partial charge on any atom is -0.550 e. The molecule has 3 N–H and O–H groups in total. The summed E-state index contributed by atoms with van der Waals surface area (Å²) in [6.45, 7) is 5.36. The molecule has 0 aromatic rings. The molecule has 0 bridgehead atoms. The number of aliphatic hydroxyl groups excluding tert-OH is 1. The number of hydrogen-bond acceptors (Lipinski definition) is 5. The Balaban J connectivity index is 0. The van der Waals surface area contributed by atoms with Crippen molar-refractivity contribution < 1.29 is 19.8 Å². The first-order valence-electron chi connectivity index (χ1n) is 11.3. The van der Waals surface area contributed by atoms with E-state index >= 15 is 0 Å². The molecule has 0 atom stereocenters. The van der Waals surface area contributed by atoms with E-state index < -0.39 is 5.97 Å². The highest BCUT2D eigenvalue weighted by atomic mass is 16.4. The third-order valence-corrected chi connectivity index (χ3v) is 4.42. The van der Waals surface area contributed by atoms with Gasteiger partial charge in [-0.25, -0.2) is 0 Å². The molecule has 0 aliphatic heterocycles. The number of unbranched alkanes of at least 4 members (excludes halogenated alkanes) is 12. The smallest absolute Gasteiger partial charge is 0.220 e. The van der Waals surface area contributed by atoms with Crippen LogP contribution in [0.15, 0.2) is 0 Å². The van der Waals surface area contributed by atoms with Crippen molar-refractivity contribution in [1.29, 1.82) is 0 Å². The van der Waals surface area contributed by atoms with E-state index in [0.717, 1.165) is 19.9 Å². The van der Waals surface area contributed by atoms with E-state index in [1.807, 2.05) is 0 Å². The van der Waals surface area contributed by atoms with Crippen molar-refractivity contribution in [3.8, 4) is 0 Å². The van der Waals surface area contributed by atoms with Crippen LogP contribution in [0.2, 0.25) is 0 Å². The number of carboxylic acids is 1. The lowest BCUT2D eigenvalue weighted by atomic mass is 10.0. The molecule has 168 valence electrons. The molecular weight excluding hydrogens is 356 g/mol. The fourth-order valence-electron chi connectivity index (χ4n) is 2.89. The van der Waals surface area contributed by atoms with Gasteiger partial charge in [0.2, 0.25) is 5.91 Å². The summed E-state index contributed by atoms with van der Waals surface area (Å²) in [7, 11) is 0. The number of carbonyl (C=O) groups excluding carboxylic acids is 2. The van der Waals surface area contributed by atoms with Gasteiger partial charge in [0, 0.05) is 32.0 Å². The van der Waals surface area contributed by atoms with Gasteiger partial charge in [0.25, 0.3) is 0 Å². The first kappa shape index (κ1) is 29.1. The Kier molecular flexibility index (Phi) is 26.8. The second kappa shape index (κ2) is 25.9. The zero-order chi connectivity index (χ0) is 21.3. The van der Waals surface area contributed by atoms with Crippen LogP contribution in [0.4, 0.5) is 0 Å². The summed E-state index contributed by atoms with van der Waals surface area (Å²) in [5.74, 6) is -0.927. The maximum atomic E-state index is 11.6. The molecule has 1 amide bonds. The van der Waals surface area contributed by atoms with Crippen molar-refractivity contribution in [3.05, 3.63) is 0 Å². The molecule has 6 nitrogen and oxygen atoms in total. The molecule has 0 unspecified atom stereocenters. The second-order valence-electron chi connectivity index (χ2n) is 7.31. The summed E-state index contributed by atoms with van der Waals surface area (Å²) >= 11 is 0. The molecule has 6 heteroatoms. The van der Waals surface area contributed by atoms with Crippen LogP contribution in [0.3, 0.4) is 0 Å². The van der Waals surface area contributed by atoms with Crippen LogP contribution in [-0.2, 0) is 9.59 Å². The molecule has 0 rings (SSSR count). The average Bonchev–Trinajstić information content (AvgIpc) is 2.65. The van der Waals surface area contributed by atoms with E-state index in [4.69, 9.17) is 15.0 Å². The SMILES string of the molecule is CC(=O)[O-].CCCCCCCCCCCCCCCC(=O)NCCNCCO. The molecule has 0 aliphatic carbocycles. The van der Waals surface area contributed by atoms with Crippen LogP contribution >= 0.6 is 0 Å². The van der Waals surface area contributed by atoms with Crippen LogP contribution < -0.4 is 15.7 Å². The summed E-state index contributed by atoms with van der Waals surface area (Å²) in [6, 6.07) is 0. The molecule has 0 saturated heterocycles. The normalized spacial score (nSPS) is 10.2. The van der Waals surface area contributed by atoms with Gasteiger partial charge in [0.15, 0.2) is 0 Å². The lowest BCUT2D eigenvalue weighted by Crippen LogP contribution is -2.32. The Morgan fingerprint density at radius 2 is 1.18 bits per heavy atom. The highest BCUT2D eigenvalue weighted by Gasteiger charge is 2.00. The van der Waals surface area contributed by atoms with E-state index in [2.05, 4.69) is 17.6 Å². The van der Waals surface area contributed by atoms with Gasteiger partial charge in [-0.15, -0.1) is 0 Å². The highest BCUT2D eigenvalue weighted by Crippen LogP contribution is 2.12. The molecule has 0 aromatic carbocycles. The summed E-state index contributed by atoms with van der Waals surface area (Å²) in [4.78, 5) is 20.5. The Morgan fingerprint density at radius 1 is 0.750 bits per heavy atom. The minimum atomic E-state index is -1.08. The Hall–Kier alpha value is -1.14. The Labute approximate surface area is 172 Å². The van der Waals surface area contributed by atoms with Gasteiger partial charge in [0.1, 0.15) is 0 Å². The number of carbonyl (C=O) groups is 2. The number of carboxylic acid groups (broad SMARTS) is 1. The third kappa shape index (κ3) is 32.5. The summed E-state index contributed by atoms with van der Waals surface area (Å²) in [5, 5.41) is 23.4. The van der Waals surface area contributed by atoms with Crippen LogP contribution in [0, 0.1) is 0 Å². The molecule has 0 aliphatic rings. The van der Waals surface area contributed by atoms with Crippen molar-refractivity contribution in [1.82, 2.24) is 10.6 Å². The summed E-state index contributed by atoms with van der Waals surface area (Å²) in [6.07, 6.45) is 18.0. The fourth-order valence-corrected chi connectivity index (χ4v) is 2.89. The van der Waals surface area contributed by atoms with Crippen LogP contribution in [-0.4, -0.2) is 43.2 Å². The molecule has 0 spiro atoms. The first-order valence-corrected chi connectivity index (χ1v) is 11.3. The maximum Gasteiger partial charge on any atom is 0.220 e. The molecule has 28 heavy (non-hydrogen) atoms. The molecule has 0 saturated carbocycles. The molecule has 0 aromatic heterocycles. The van der Waals surface area contributed by atoms with Gasteiger partial charge in [-0.2, -0.15) is 0 Å². The van der Waals surface area contributed by atoms with Crippen molar-refractivity contribution >= 4 is 11.9 Å². The van der Waals surface area contributed by atoms with E-state index in [1.54, 1.807) is 0 Å². The highest BCUT2D eigenvalue weighted by molar-refractivity contribution is 5.75. The standard InChI is InChI=1S/C20H42N2O2.C2H4O2/c1-2-3-4-5-6-7-8-9-10-11-12-13-14-15-20(24)22-17-16-21-18-19-23;1-2(3)4/h21,23H,2-19H2,1H3,(H,22,24);1H3,(H,3,4)/p-1. The van der Waals surface area contributed by atoms with Crippen molar-refractivity contribution in [2.45, 2.75) is 104 Å². The second-order valence-corrected chi connectivity index (χ2v) is 7.31. The lowest BCUT2D eigenvalue weighted by Gasteiger charge is -2.06. The predicted molar refractivity (Wildman–Crippen MR) is 114 cm³/mol. The van der Waals surface area contributed by atoms with Crippen molar-refractivity contribution in [2.75, 3.05) is 26.2 Å². The number of aliphatic hydroxyl groups is 1. The van der Waals surface area contributed by atoms with Gasteiger partial charge >= 0.3 is 0 Å².